The molecule has 0 saturated heterocycles. The molecule has 1 N–H and O–H groups in total. The molecular formula is C15H23ClINO. The molecule has 1 aromatic carbocycles. The van der Waals surface area contributed by atoms with Crippen molar-refractivity contribution in [3.63, 3.8) is 0 Å². The minimum absolute atomic E-state index is 0.338. The highest BCUT2D eigenvalue weighted by Gasteiger charge is 2.19. The fraction of sp³-hybridized carbons (Fsp3) is 0.600. The summed E-state index contributed by atoms with van der Waals surface area (Å²) in [6.45, 7) is 6.26. The fourth-order valence-electron chi connectivity index (χ4n) is 2.12. The summed E-state index contributed by atoms with van der Waals surface area (Å²) in [6.07, 6.45) is 2.17. The molecule has 0 amide bonds. The van der Waals surface area contributed by atoms with E-state index in [1.165, 1.54) is 5.56 Å². The summed E-state index contributed by atoms with van der Waals surface area (Å²) in [5.74, 6) is 0.516. The van der Waals surface area contributed by atoms with Crippen molar-refractivity contribution in [3.8, 4) is 0 Å². The number of nitrogens with one attached hydrogen (secondary N) is 1. The largest absolute Gasteiger partial charge is 0.385 e. The van der Waals surface area contributed by atoms with Gasteiger partial charge in [-0.1, -0.05) is 31.5 Å². The Kier molecular flexibility index (Phi) is 8.30. The third-order valence-electron chi connectivity index (χ3n) is 3.26. The number of benzene rings is 1. The molecule has 2 atom stereocenters. The molecule has 0 aliphatic rings. The van der Waals surface area contributed by atoms with Crippen LogP contribution < -0.4 is 5.32 Å². The Morgan fingerprint density at radius 3 is 2.74 bits per heavy atom. The second kappa shape index (κ2) is 9.16. The quantitative estimate of drug-likeness (QED) is 0.647. The number of hydrogen-bond donors (Lipinski definition) is 1. The predicted octanol–water partition coefficient (Wildman–Crippen LogP) is 4.66. The van der Waals surface area contributed by atoms with Crippen molar-refractivity contribution >= 4 is 34.2 Å². The number of rotatable bonds is 8. The third-order valence-corrected chi connectivity index (χ3v) is 4.84. The second-order valence-corrected chi connectivity index (χ2v) is 6.43. The molecule has 19 heavy (non-hydrogen) atoms. The van der Waals surface area contributed by atoms with E-state index in [1.54, 1.807) is 7.11 Å². The number of halogens is 2. The van der Waals surface area contributed by atoms with Gasteiger partial charge in [0.05, 0.1) is 5.02 Å². The Morgan fingerprint density at radius 2 is 2.16 bits per heavy atom. The van der Waals surface area contributed by atoms with Crippen LogP contribution in [0.25, 0.3) is 0 Å². The van der Waals surface area contributed by atoms with Crippen LogP contribution in [0.4, 0.5) is 0 Å². The van der Waals surface area contributed by atoms with Crippen molar-refractivity contribution in [2.45, 2.75) is 32.7 Å². The van der Waals surface area contributed by atoms with Crippen molar-refractivity contribution in [1.82, 2.24) is 5.32 Å². The summed E-state index contributed by atoms with van der Waals surface area (Å²) < 4.78 is 6.29. The maximum Gasteiger partial charge on any atom is 0.0542 e. The van der Waals surface area contributed by atoms with Crippen molar-refractivity contribution in [2.24, 2.45) is 5.92 Å². The van der Waals surface area contributed by atoms with Crippen LogP contribution in [-0.4, -0.2) is 20.3 Å². The maximum absolute atomic E-state index is 6.24. The first-order valence-corrected chi connectivity index (χ1v) is 8.23. The Morgan fingerprint density at radius 1 is 1.42 bits per heavy atom. The summed E-state index contributed by atoms with van der Waals surface area (Å²) in [6, 6.07) is 6.68. The van der Waals surface area contributed by atoms with Gasteiger partial charge >= 0.3 is 0 Å². The standard InChI is InChI=1S/C15H23ClINO/c1-4-8-18-15(11(2)7-9-19-3)12-5-6-14(17)13(16)10-12/h5-6,10-11,15,18H,4,7-9H2,1-3H3. The van der Waals surface area contributed by atoms with Gasteiger partial charge in [-0.15, -0.1) is 0 Å². The highest BCUT2D eigenvalue weighted by atomic mass is 127. The molecule has 0 saturated carbocycles. The summed E-state index contributed by atoms with van der Waals surface area (Å²) in [5, 5.41) is 4.46. The highest BCUT2D eigenvalue weighted by molar-refractivity contribution is 14.1. The van der Waals surface area contributed by atoms with Gasteiger partial charge in [0.15, 0.2) is 0 Å². The second-order valence-electron chi connectivity index (χ2n) is 4.86. The van der Waals surface area contributed by atoms with Crippen molar-refractivity contribution in [1.29, 1.82) is 0 Å². The van der Waals surface area contributed by atoms with Gasteiger partial charge < -0.3 is 10.1 Å². The van der Waals surface area contributed by atoms with Crippen LogP contribution in [0.3, 0.4) is 0 Å². The van der Waals surface area contributed by atoms with Crippen LogP contribution >= 0.6 is 34.2 Å². The van der Waals surface area contributed by atoms with E-state index in [-0.39, 0.29) is 0 Å². The van der Waals surface area contributed by atoms with Gasteiger partial charge in [-0.05, 0) is 65.6 Å². The summed E-state index contributed by atoms with van der Waals surface area (Å²) in [5.41, 5.74) is 1.27. The van der Waals surface area contributed by atoms with E-state index in [4.69, 9.17) is 16.3 Å². The van der Waals surface area contributed by atoms with Crippen molar-refractivity contribution in [2.75, 3.05) is 20.3 Å². The van der Waals surface area contributed by atoms with Gasteiger partial charge in [-0.25, -0.2) is 0 Å². The zero-order valence-electron chi connectivity index (χ0n) is 11.9. The average Bonchev–Trinajstić information content (AvgIpc) is 2.40. The van der Waals surface area contributed by atoms with Crippen LogP contribution in [0.1, 0.15) is 38.3 Å². The van der Waals surface area contributed by atoms with E-state index in [0.717, 1.165) is 34.6 Å². The molecule has 0 spiro atoms. The first-order chi connectivity index (χ1) is 9.10. The number of hydrogen-bond acceptors (Lipinski definition) is 2. The lowest BCUT2D eigenvalue weighted by Gasteiger charge is -2.26. The molecule has 0 fully saturated rings. The molecule has 2 nitrogen and oxygen atoms in total. The molecule has 0 heterocycles. The van der Waals surface area contributed by atoms with E-state index in [0.29, 0.717) is 12.0 Å². The Labute approximate surface area is 135 Å². The lowest BCUT2D eigenvalue weighted by Crippen LogP contribution is -2.28. The van der Waals surface area contributed by atoms with Crippen molar-refractivity contribution in [3.05, 3.63) is 32.4 Å². The average molecular weight is 396 g/mol. The molecule has 0 bridgehead atoms. The van der Waals surface area contributed by atoms with Gasteiger partial charge in [-0.3, -0.25) is 0 Å². The molecule has 0 radical (unpaired) electrons. The van der Waals surface area contributed by atoms with E-state index in [1.807, 2.05) is 0 Å². The molecule has 0 aliphatic heterocycles. The monoisotopic (exact) mass is 395 g/mol. The lowest BCUT2D eigenvalue weighted by atomic mass is 9.92. The SMILES string of the molecule is CCCNC(c1ccc(I)c(Cl)c1)C(C)CCOC. The molecule has 2 unspecified atom stereocenters. The van der Waals surface area contributed by atoms with Gasteiger partial charge in [0.2, 0.25) is 0 Å². The van der Waals surface area contributed by atoms with Gasteiger partial charge in [-0.2, -0.15) is 0 Å². The topological polar surface area (TPSA) is 21.3 Å². The van der Waals surface area contributed by atoms with Crippen LogP contribution in [0.15, 0.2) is 18.2 Å². The normalized spacial score (nSPS) is 14.4. The van der Waals surface area contributed by atoms with E-state index in [2.05, 4.69) is 60.0 Å². The zero-order chi connectivity index (χ0) is 14.3. The van der Waals surface area contributed by atoms with Crippen LogP contribution in [0.2, 0.25) is 5.02 Å². The van der Waals surface area contributed by atoms with Crippen LogP contribution in [0.5, 0.6) is 0 Å². The zero-order valence-corrected chi connectivity index (χ0v) is 14.8. The molecule has 0 aliphatic carbocycles. The van der Waals surface area contributed by atoms with Crippen LogP contribution in [-0.2, 0) is 4.74 Å². The molecular weight excluding hydrogens is 373 g/mol. The van der Waals surface area contributed by atoms with Crippen molar-refractivity contribution < 1.29 is 4.74 Å². The number of methoxy groups -OCH3 is 1. The van der Waals surface area contributed by atoms with Crippen LogP contribution in [0, 0.1) is 9.49 Å². The molecule has 108 valence electrons. The predicted molar refractivity (Wildman–Crippen MR) is 90.9 cm³/mol. The smallest absolute Gasteiger partial charge is 0.0542 e. The summed E-state index contributed by atoms with van der Waals surface area (Å²) in [4.78, 5) is 0. The maximum atomic E-state index is 6.24. The third kappa shape index (κ3) is 5.58. The minimum Gasteiger partial charge on any atom is -0.385 e. The van der Waals surface area contributed by atoms with Gasteiger partial charge in [0.1, 0.15) is 0 Å². The molecule has 4 heteroatoms. The first-order valence-electron chi connectivity index (χ1n) is 6.77. The van der Waals surface area contributed by atoms with E-state index >= 15 is 0 Å². The molecule has 1 rings (SSSR count). The molecule has 1 aromatic rings. The Hall–Kier alpha value is 0.160. The lowest BCUT2D eigenvalue weighted by molar-refractivity contribution is 0.170. The first kappa shape index (κ1) is 17.2. The van der Waals surface area contributed by atoms with Gasteiger partial charge in [0.25, 0.3) is 0 Å². The minimum atomic E-state index is 0.338. The molecule has 0 aromatic heterocycles. The Balaban J connectivity index is 2.84. The summed E-state index contributed by atoms with van der Waals surface area (Å²) >= 11 is 8.50. The van der Waals surface area contributed by atoms with Gasteiger partial charge in [0, 0.05) is 23.3 Å². The van der Waals surface area contributed by atoms with E-state index < -0.39 is 0 Å². The highest BCUT2D eigenvalue weighted by Crippen LogP contribution is 2.28. The summed E-state index contributed by atoms with van der Waals surface area (Å²) in [7, 11) is 1.75. The number of ether oxygens (including phenoxy) is 1. The fourth-order valence-corrected chi connectivity index (χ4v) is 2.65. The van der Waals surface area contributed by atoms with E-state index in [9.17, 15) is 0 Å². The Bertz CT molecular complexity index is 386.